The topological polar surface area (TPSA) is 91.4 Å². The van der Waals surface area contributed by atoms with Crippen LogP contribution < -0.4 is 10.0 Å². The predicted molar refractivity (Wildman–Crippen MR) is 123 cm³/mol. The van der Waals surface area contributed by atoms with Gasteiger partial charge in [0.2, 0.25) is 0 Å². The molecule has 0 spiro atoms. The lowest BCUT2D eigenvalue weighted by atomic mass is 9.83. The van der Waals surface area contributed by atoms with Crippen LogP contribution in [0.2, 0.25) is 5.02 Å². The van der Waals surface area contributed by atoms with Crippen LogP contribution in [-0.4, -0.2) is 49.9 Å². The number of sulfonamides is 1. The van der Waals surface area contributed by atoms with Crippen LogP contribution in [0.3, 0.4) is 0 Å². The summed E-state index contributed by atoms with van der Waals surface area (Å²) in [6, 6.07) is 6.44. The molecule has 0 radical (unpaired) electrons. The zero-order valence-electron chi connectivity index (χ0n) is 17.4. The van der Waals surface area contributed by atoms with Crippen molar-refractivity contribution in [2.45, 2.75) is 50.0 Å². The summed E-state index contributed by atoms with van der Waals surface area (Å²) >= 11 is 6.98. The van der Waals surface area contributed by atoms with E-state index in [4.69, 9.17) is 11.6 Å². The molecule has 0 bridgehead atoms. The number of hydrogen-bond donors (Lipinski definition) is 2. The van der Waals surface area contributed by atoms with Crippen LogP contribution in [0.4, 0.5) is 5.13 Å². The summed E-state index contributed by atoms with van der Waals surface area (Å²) in [5, 5.41) is 3.67. The summed E-state index contributed by atoms with van der Waals surface area (Å²) in [6.45, 7) is 4.73. The van der Waals surface area contributed by atoms with E-state index in [2.05, 4.69) is 19.9 Å². The van der Waals surface area contributed by atoms with Crippen molar-refractivity contribution < 1.29 is 13.2 Å². The van der Waals surface area contributed by atoms with Gasteiger partial charge in [0.15, 0.2) is 5.13 Å². The molecule has 0 aliphatic carbocycles. The molecule has 2 saturated heterocycles. The maximum atomic E-state index is 12.8. The number of thiazole rings is 1. The monoisotopic (exact) mass is 482 g/mol. The van der Waals surface area contributed by atoms with Gasteiger partial charge in [-0.25, -0.2) is 13.4 Å². The standard InChI is InChI=1S/C21H27ClN4O3S2/c1-14-19(20(27)23-13-15-5-4-12-26-11-3-2-6-18(15)26)24-21(30-14)25-31(28,29)17-9-7-16(22)8-10-17/h7-10,15,18H,2-6,11-13H2,1H3,(H,23,27)(H,24,25). The second kappa shape index (κ2) is 9.44. The van der Waals surface area contributed by atoms with E-state index >= 15 is 0 Å². The van der Waals surface area contributed by atoms with E-state index in [1.165, 1.54) is 49.9 Å². The lowest BCUT2D eigenvalue weighted by Crippen LogP contribution is -2.51. The van der Waals surface area contributed by atoms with Gasteiger partial charge in [0, 0.05) is 22.5 Å². The second-order valence-electron chi connectivity index (χ2n) is 8.19. The number of anilines is 1. The fraction of sp³-hybridized carbons (Fsp3) is 0.524. The van der Waals surface area contributed by atoms with E-state index in [0.29, 0.717) is 28.4 Å². The molecule has 2 aliphatic heterocycles. The molecule has 2 N–H and O–H groups in total. The first-order valence-corrected chi connectivity index (χ1v) is 13.3. The number of benzene rings is 1. The molecule has 7 nitrogen and oxygen atoms in total. The van der Waals surface area contributed by atoms with Gasteiger partial charge < -0.3 is 10.2 Å². The van der Waals surface area contributed by atoms with E-state index in [-0.39, 0.29) is 21.6 Å². The minimum absolute atomic E-state index is 0.0880. The first-order chi connectivity index (χ1) is 14.8. The van der Waals surface area contributed by atoms with Gasteiger partial charge in [0.25, 0.3) is 15.9 Å². The molecule has 1 aromatic carbocycles. The SMILES string of the molecule is Cc1sc(NS(=O)(=O)c2ccc(Cl)cc2)nc1C(=O)NCC1CCCN2CCCCC12. The number of piperidine rings is 2. The average Bonchev–Trinajstić information content (AvgIpc) is 3.11. The molecule has 3 heterocycles. The molecule has 1 aromatic heterocycles. The fourth-order valence-electron chi connectivity index (χ4n) is 4.56. The van der Waals surface area contributed by atoms with E-state index in [9.17, 15) is 13.2 Å². The minimum atomic E-state index is -3.80. The zero-order valence-corrected chi connectivity index (χ0v) is 19.8. The summed E-state index contributed by atoms with van der Waals surface area (Å²) in [5.41, 5.74) is 0.273. The van der Waals surface area contributed by atoms with Crippen molar-refractivity contribution >= 4 is 44.0 Å². The zero-order chi connectivity index (χ0) is 22.0. The van der Waals surface area contributed by atoms with Crippen LogP contribution in [0, 0.1) is 12.8 Å². The molecule has 2 fully saturated rings. The van der Waals surface area contributed by atoms with Gasteiger partial charge >= 0.3 is 0 Å². The van der Waals surface area contributed by atoms with Crippen molar-refractivity contribution in [1.82, 2.24) is 15.2 Å². The van der Waals surface area contributed by atoms with E-state index in [0.717, 1.165) is 30.8 Å². The molecule has 4 rings (SSSR count). The molecular formula is C21H27ClN4O3S2. The Balaban J connectivity index is 1.40. The van der Waals surface area contributed by atoms with Crippen LogP contribution in [-0.2, 0) is 10.0 Å². The second-order valence-corrected chi connectivity index (χ2v) is 11.5. The molecule has 168 valence electrons. The van der Waals surface area contributed by atoms with Crippen molar-refractivity contribution in [3.05, 3.63) is 39.9 Å². The Hall–Kier alpha value is -1.68. The van der Waals surface area contributed by atoms with Gasteiger partial charge in [-0.2, -0.15) is 0 Å². The number of aromatic nitrogens is 1. The molecule has 2 aromatic rings. The minimum Gasteiger partial charge on any atom is -0.350 e. The number of hydrogen-bond acceptors (Lipinski definition) is 6. The number of rotatable bonds is 6. The molecule has 0 saturated carbocycles. The molecule has 31 heavy (non-hydrogen) atoms. The van der Waals surface area contributed by atoms with E-state index < -0.39 is 10.0 Å². The number of nitrogens with one attached hydrogen (secondary N) is 2. The third kappa shape index (κ3) is 5.22. The number of carbonyl (C=O) groups excluding carboxylic acids is 1. The van der Waals surface area contributed by atoms with Crippen molar-refractivity contribution in [2.24, 2.45) is 5.92 Å². The van der Waals surface area contributed by atoms with Gasteiger partial charge in [-0.05, 0) is 75.9 Å². The molecule has 2 atom stereocenters. The Kier molecular flexibility index (Phi) is 6.86. The summed E-state index contributed by atoms with van der Waals surface area (Å²) in [5.74, 6) is 0.207. The van der Waals surface area contributed by atoms with E-state index in [1.54, 1.807) is 6.92 Å². The van der Waals surface area contributed by atoms with Gasteiger partial charge in [-0.3, -0.25) is 9.52 Å². The maximum absolute atomic E-state index is 12.8. The van der Waals surface area contributed by atoms with E-state index in [1.807, 2.05) is 0 Å². The Morgan fingerprint density at radius 3 is 2.71 bits per heavy atom. The summed E-state index contributed by atoms with van der Waals surface area (Å²) in [7, 11) is -3.80. The van der Waals surface area contributed by atoms with Gasteiger partial charge in [-0.1, -0.05) is 18.0 Å². The van der Waals surface area contributed by atoms with Crippen LogP contribution >= 0.6 is 22.9 Å². The maximum Gasteiger partial charge on any atom is 0.271 e. The lowest BCUT2D eigenvalue weighted by Gasteiger charge is -2.44. The number of nitrogens with zero attached hydrogens (tertiary/aromatic N) is 2. The quantitative estimate of drug-likeness (QED) is 0.651. The number of carbonyl (C=O) groups is 1. The Bertz CT molecular complexity index is 1040. The molecule has 2 aliphatic rings. The number of amides is 1. The first kappa shape index (κ1) is 22.5. The summed E-state index contributed by atoms with van der Waals surface area (Å²) < 4.78 is 27.6. The van der Waals surface area contributed by atoms with Crippen molar-refractivity contribution in [3.8, 4) is 0 Å². The highest BCUT2D eigenvalue weighted by Crippen LogP contribution is 2.31. The summed E-state index contributed by atoms with van der Waals surface area (Å²) in [6.07, 6.45) is 6.02. The lowest BCUT2D eigenvalue weighted by molar-refractivity contribution is 0.0575. The smallest absolute Gasteiger partial charge is 0.271 e. The Morgan fingerprint density at radius 1 is 1.19 bits per heavy atom. The van der Waals surface area contributed by atoms with Crippen LogP contribution in [0.1, 0.15) is 47.5 Å². The Morgan fingerprint density at radius 2 is 1.94 bits per heavy atom. The van der Waals surface area contributed by atoms with Crippen molar-refractivity contribution in [2.75, 3.05) is 24.4 Å². The molecular weight excluding hydrogens is 456 g/mol. The van der Waals surface area contributed by atoms with Gasteiger partial charge in [0.05, 0.1) is 4.90 Å². The Labute approximate surface area is 192 Å². The predicted octanol–water partition coefficient (Wildman–Crippen LogP) is 3.90. The molecule has 10 heteroatoms. The number of halogens is 1. The van der Waals surface area contributed by atoms with Crippen LogP contribution in [0.5, 0.6) is 0 Å². The normalized spacial score (nSPS) is 22.0. The average molecular weight is 483 g/mol. The summed E-state index contributed by atoms with van der Waals surface area (Å²) in [4.78, 5) is 20.4. The molecule has 2 unspecified atom stereocenters. The third-order valence-corrected chi connectivity index (χ3v) is 8.73. The number of fused-ring (bicyclic) bond motifs is 1. The molecule has 1 amide bonds. The third-order valence-electron chi connectivity index (χ3n) is 6.11. The largest absolute Gasteiger partial charge is 0.350 e. The van der Waals surface area contributed by atoms with Crippen LogP contribution in [0.25, 0.3) is 0 Å². The van der Waals surface area contributed by atoms with Gasteiger partial charge in [-0.15, -0.1) is 11.3 Å². The highest BCUT2D eigenvalue weighted by molar-refractivity contribution is 7.93. The highest BCUT2D eigenvalue weighted by Gasteiger charge is 2.33. The highest BCUT2D eigenvalue weighted by atomic mass is 35.5. The van der Waals surface area contributed by atoms with Crippen molar-refractivity contribution in [1.29, 1.82) is 0 Å². The van der Waals surface area contributed by atoms with Gasteiger partial charge in [0.1, 0.15) is 5.69 Å². The fourth-order valence-corrected chi connectivity index (χ4v) is 6.73. The number of aryl methyl sites for hydroxylation is 1. The van der Waals surface area contributed by atoms with Crippen molar-refractivity contribution in [3.63, 3.8) is 0 Å². The first-order valence-electron chi connectivity index (χ1n) is 10.6. The van der Waals surface area contributed by atoms with Crippen LogP contribution in [0.15, 0.2) is 29.2 Å².